The van der Waals surface area contributed by atoms with E-state index >= 15 is 0 Å². The molecule has 0 fully saturated rings. The Balaban J connectivity index is 3.90. The van der Waals surface area contributed by atoms with Crippen molar-refractivity contribution in [1.82, 2.24) is 0 Å². The van der Waals surface area contributed by atoms with Crippen LogP contribution in [-0.2, 0) is 14.4 Å². The van der Waals surface area contributed by atoms with Gasteiger partial charge in [0.2, 0.25) is 0 Å². The molecule has 0 aromatic heterocycles. The van der Waals surface area contributed by atoms with Gasteiger partial charge in [-0.3, -0.25) is 4.48 Å². The van der Waals surface area contributed by atoms with Crippen LogP contribution in [0.2, 0.25) is 0 Å². The highest BCUT2D eigenvalue weighted by Gasteiger charge is 2.32. The van der Waals surface area contributed by atoms with Gasteiger partial charge < -0.3 is 20.1 Å². The average molecular weight is 456 g/mol. The number of hydrogen-bond acceptors (Lipinski definition) is 4. The molecule has 0 amide bonds. The van der Waals surface area contributed by atoms with Crippen LogP contribution in [0.4, 0.5) is 0 Å². The summed E-state index contributed by atoms with van der Waals surface area (Å²) < 4.78 is -0.581. The lowest BCUT2D eigenvalue weighted by Gasteiger charge is -2.35. The van der Waals surface area contributed by atoms with E-state index in [1.54, 1.807) is 6.08 Å². The second-order valence-electron chi connectivity index (χ2n) is 9.01. The number of carboxylic acids is 3. The molecule has 0 aliphatic rings. The van der Waals surface area contributed by atoms with Gasteiger partial charge >= 0.3 is 11.9 Å². The SMILES string of the molecule is CCCCCCCCCCCCCCCC/C=C/C[N+](CC(=O)[O-])(CC(=O)O)CC(=O)O. The van der Waals surface area contributed by atoms with Crippen molar-refractivity contribution in [1.29, 1.82) is 0 Å². The number of unbranched alkanes of at least 4 members (excludes halogenated alkanes) is 14. The normalized spacial score (nSPS) is 11.8. The van der Waals surface area contributed by atoms with Crippen LogP contribution in [0.3, 0.4) is 0 Å². The van der Waals surface area contributed by atoms with E-state index in [9.17, 15) is 19.5 Å². The second kappa shape index (κ2) is 19.8. The van der Waals surface area contributed by atoms with Gasteiger partial charge in [0.15, 0.2) is 13.1 Å². The van der Waals surface area contributed by atoms with E-state index in [0.29, 0.717) is 0 Å². The van der Waals surface area contributed by atoms with Gasteiger partial charge in [-0.05, 0) is 18.9 Å². The molecule has 0 unspecified atom stereocenters. The van der Waals surface area contributed by atoms with Gasteiger partial charge in [-0.25, -0.2) is 9.59 Å². The quantitative estimate of drug-likeness (QED) is 0.136. The lowest BCUT2D eigenvalue weighted by atomic mass is 10.0. The van der Waals surface area contributed by atoms with Crippen LogP contribution in [0, 0.1) is 0 Å². The molecule has 7 heteroatoms. The summed E-state index contributed by atoms with van der Waals surface area (Å²) in [6.45, 7) is 0.525. The Hall–Kier alpha value is -1.89. The van der Waals surface area contributed by atoms with E-state index in [1.807, 2.05) is 6.08 Å². The molecule has 0 spiro atoms. The summed E-state index contributed by atoms with van der Waals surface area (Å²) in [5.74, 6) is -3.91. The van der Waals surface area contributed by atoms with Crippen LogP contribution in [-0.4, -0.2) is 58.8 Å². The van der Waals surface area contributed by atoms with E-state index in [0.717, 1.165) is 19.3 Å². The Labute approximate surface area is 194 Å². The third-order valence-electron chi connectivity index (χ3n) is 5.79. The molecule has 0 aromatic rings. The summed E-state index contributed by atoms with van der Waals surface area (Å²) in [4.78, 5) is 33.3. The summed E-state index contributed by atoms with van der Waals surface area (Å²) >= 11 is 0. The fourth-order valence-corrected chi connectivity index (χ4v) is 4.08. The van der Waals surface area contributed by atoms with Crippen LogP contribution in [0.5, 0.6) is 0 Å². The standard InChI is InChI=1S/C25H45NO6/c1-2-3-4-5-6-7-8-9-10-11-12-13-14-15-16-17-18-19-26(20-23(27)28,21-24(29)30)22-25(31)32/h17-18H,2-16,19-22H2,1H3,(H2-,27,28,29,30,31,32)/b18-17+. The van der Waals surface area contributed by atoms with Crippen LogP contribution >= 0.6 is 0 Å². The molecule has 0 heterocycles. The highest BCUT2D eigenvalue weighted by atomic mass is 16.4. The van der Waals surface area contributed by atoms with Gasteiger partial charge in [-0.15, -0.1) is 0 Å². The first-order valence-corrected chi connectivity index (χ1v) is 12.4. The van der Waals surface area contributed by atoms with Crippen molar-refractivity contribution in [2.24, 2.45) is 0 Å². The molecule has 186 valence electrons. The summed E-state index contributed by atoms with van der Waals surface area (Å²) in [7, 11) is 0. The summed E-state index contributed by atoms with van der Waals surface area (Å²) in [6, 6.07) is 0. The third kappa shape index (κ3) is 18.8. The summed E-state index contributed by atoms with van der Waals surface area (Å²) in [6.07, 6.45) is 22.5. The number of quaternary nitrogens is 1. The maximum Gasteiger partial charge on any atom is 0.359 e. The number of carboxylic acid groups (broad SMARTS) is 3. The van der Waals surface area contributed by atoms with Crippen molar-refractivity contribution in [2.45, 2.75) is 103 Å². The number of rotatable bonds is 23. The molecule has 0 aliphatic heterocycles. The summed E-state index contributed by atoms with van der Waals surface area (Å²) in [5, 5.41) is 29.2. The van der Waals surface area contributed by atoms with Crippen LogP contribution in [0.15, 0.2) is 12.2 Å². The molecule has 0 aliphatic carbocycles. The minimum atomic E-state index is -1.45. The first-order chi connectivity index (χ1) is 15.3. The van der Waals surface area contributed by atoms with E-state index < -0.39 is 42.0 Å². The lowest BCUT2D eigenvalue weighted by molar-refractivity contribution is -0.903. The largest absolute Gasteiger partial charge is 0.544 e. The fraction of sp³-hybridized carbons (Fsp3) is 0.800. The molecule has 0 rings (SSSR count). The zero-order valence-electron chi connectivity index (χ0n) is 20.1. The Bertz CT molecular complexity index is 506. The first kappa shape index (κ1) is 30.1. The molecule has 0 saturated heterocycles. The molecule has 2 N–H and O–H groups in total. The molecule has 0 aromatic carbocycles. The minimum Gasteiger partial charge on any atom is -0.544 e. The zero-order valence-corrected chi connectivity index (χ0v) is 20.1. The van der Waals surface area contributed by atoms with Crippen molar-refractivity contribution >= 4 is 17.9 Å². The Morgan fingerprint density at radius 2 is 1.06 bits per heavy atom. The number of aliphatic carboxylic acids is 3. The van der Waals surface area contributed by atoms with Crippen LogP contribution < -0.4 is 5.11 Å². The molecule has 0 bridgehead atoms. The average Bonchev–Trinajstić information content (AvgIpc) is 2.68. The highest BCUT2D eigenvalue weighted by Crippen LogP contribution is 2.14. The van der Waals surface area contributed by atoms with E-state index in [4.69, 9.17) is 10.2 Å². The monoisotopic (exact) mass is 455 g/mol. The van der Waals surface area contributed by atoms with E-state index in [-0.39, 0.29) is 6.54 Å². The maximum absolute atomic E-state index is 11.1. The van der Waals surface area contributed by atoms with E-state index in [2.05, 4.69) is 6.92 Å². The molecular formula is C25H45NO6. The molecule has 0 atom stereocenters. The predicted octanol–water partition coefficient (Wildman–Crippen LogP) is 4.15. The van der Waals surface area contributed by atoms with Crippen molar-refractivity contribution in [3.63, 3.8) is 0 Å². The number of nitrogens with zero attached hydrogens (tertiary/aromatic N) is 1. The van der Waals surface area contributed by atoms with Crippen LogP contribution in [0.25, 0.3) is 0 Å². The van der Waals surface area contributed by atoms with E-state index in [1.165, 1.54) is 77.0 Å². The number of allylic oxidation sites excluding steroid dienone is 1. The molecule has 0 saturated carbocycles. The summed E-state index contributed by atoms with van der Waals surface area (Å²) in [5.41, 5.74) is 0. The highest BCUT2D eigenvalue weighted by molar-refractivity contribution is 5.72. The zero-order chi connectivity index (χ0) is 24.1. The van der Waals surface area contributed by atoms with Gasteiger partial charge in [0.05, 0.1) is 12.5 Å². The molecular weight excluding hydrogens is 410 g/mol. The molecule has 32 heavy (non-hydrogen) atoms. The van der Waals surface area contributed by atoms with Crippen LogP contribution in [0.1, 0.15) is 103 Å². The van der Waals surface area contributed by atoms with Gasteiger partial charge in [0.1, 0.15) is 6.54 Å². The van der Waals surface area contributed by atoms with Gasteiger partial charge in [-0.2, -0.15) is 0 Å². The number of hydrogen-bond donors (Lipinski definition) is 2. The Morgan fingerprint density at radius 1 is 0.656 bits per heavy atom. The van der Waals surface area contributed by atoms with Gasteiger partial charge in [0, 0.05) is 0 Å². The Morgan fingerprint density at radius 3 is 1.44 bits per heavy atom. The maximum atomic E-state index is 11.1. The van der Waals surface area contributed by atoms with Crippen molar-refractivity contribution < 1.29 is 34.2 Å². The third-order valence-corrected chi connectivity index (χ3v) is 5.79. The Kier molecular flexibility index (Phi) is 18.6. The number of carbonyl (C=O) groups is 3. The minimum absolute atomic E-state index is 0.0468. The fourth-order valence-electron chi connectivity index (χ4n) is 4.08. The second-order valence-corrected chi connectivity index (χ2v) is 9.01. The topological polar surface area (TPSA) is 115 Å². The van der Waals surface area contributed by atoms with Crippen molar-refractivity contribution in [3.05, 3.63) is 12.2 Å². The van der Waals surface area contributed by atoms with Crippen molar-refractivity contribution in [2.75, 3.05) is 26.2 Å². The number of carbonyl (C=O) groups excluding carboxylic acids is 1. The first-order valence-electron chi connectivity index (χ1n) is 12.4. The molecule has 7 nitrogen and oxygen atoms in total. The van der Waals surface area contributed by atoms with Crippen molar-refractivity contribution in [3.8, 4) is 0 Å². The van der Waals surface area contributed by atoms with Gasteiger partial charge in [-0.1, -0.05) is 96.5 Å². The van der Waals surface area contributed by atoms with Gasteiger partial charge in [0.25, 0.3) is 0 Å². The lowest BCUT2D eigenvalue weighted by Crippen LogP contribution is -2.58. The molecule has 0 radical (unpaired) electrons. The predicted molar refractivity (Wildman–Crippen MR) is 124 cm³/mol. The smallest absolute Gasteiger partial charge is 0.359 e.